The molecule has 3 aromatic heterocycles. The normalized spacial score (nSPS) is 18.2. The van der Waals surface area contributed by atoms with Gasteiger partial charge < -0.3 is 20.2 Å². The van der Waals surface area contributed by atoms with Crippen LogP contribution in [0.25, 0.3) is 10.9 Å². The average molecular weight is 434 g/mol. The van der Waals surface area contributed by atoms with E-state index in [2.05, 4.69) is 20.6 Å². The molecule has 0 aromatic carbocycles. The van der Waals surface area contributed by atoms with Crippen LogP contribution in [0, 0.1) is 18.8 Å². The Labute approximate surface area is 185 Å². The number of anilines is 1. The van der Waals surface area contributed by atoms with Gasteiger partial charge in [0, 0.05) is 23.2 Å². The standard InChI is InChI=1S/C24H27N5O3/c1-14-7-17-9-18(8-15-3-2-4-15)23(31)28-22(17)24(32)29(14)13-21(30)27-11-19-10-16-5-6-25-20(16)12-26-19/h5-7,10,12,15,18,25H,2-4,8-9,11,13H2,1H3,(H,27,30)(H,28,31)/t18-/m1/s1. The molecule has 1 aliphatic heterocycles. The van der Waals surface area contributed by atoms with Crippen LogP contribution in [0.1, 0.15) is 42.6 Å². The minimum absolute atomic E-state index is 0.0735. The lowest BCUT2D eigenvalue weighted by Gasteiger charge is -2.32. The number of nitrogens with one attached hydrogen (secondary N) is 3. The first-order valence-electron chi connectivity index (χ1n) is 11.2. The van der Waals surface area contributed by atoms with Crippen LogP contribution in [0.15, 0.2) is 35.4 Å². The lowest BCUT2D eigenvalue weighted by molar-refractivity contribution is -0.122. The minimum Gasteiger partial charge on any atom is -0.360 e. The summed E-state index contributed by atoms with van der Waals surface area (Å²) >= 11 is 0. The second-order valence-corrected chi connectivity index (χ2v) is 9.02. The van der Waals surface area contributed by atoms with Crippen molar-refractivity contribution >= 4 is 28.4 Å². The Hall–Kier alpha value is -3.42. The van der Waals surface area contributed by atoms with E-state index in [9.17, 15) is 14.4 Å². The second-order valence-electron chi connectivity index (χ2n) is 9.02. The first-order valence-corrected chi connectivity index (χ1v) is 11.2. The maximum atomic E-state index is 13.1. The Morgan fingerprint density at radius 3 is 2.91 bits per heavy atom. The third-order valence-electron chi connectivity index (χ3n) is 6.78. The number of H-pyrrole nitrogens is 1. The van der Waals surface area contributed by atoms with Crippen molar-refractivity contribution in [3.05, 3.63) is 57.9 Å². The highest BCUT2D eigenvalue weighted by Gasteiger charge is 2.32. The van der Waals surface area contributed by atoms with Gasteiger partial charge in [-0.15, -0.1) is 0 Å². The van der Waals surface area contributed by atoms with Gasteiger partial charge in [-0.05, 0) is 49.4 Å². The summed E-state index contributed by atoms with van der Waals surface area (Å²) in [5, 5.41) is 6.68. The number of aryl methyl sites for hydroxylation is 1. The second kappa shape index (κ2) is 8.26. The number of pyridine rings is 2. The maximum absolute atomic E-state index is 13.1. The first kappa shape index (κ1) is 20.5. The van der Waals surface area contributed by atoms with Crippen molar-refractivity contribution in [3.8, 4) is 0 Å². The Balaban J connectivity index is 1.27. The number of aromatic amines is 1. The van der Waals surface area contributed by atoms with Gasteiger partial charge >= 0.3 is 0 Å². The monoisotopic (exact) mass is 433 g/mol. The third kappa shape index (κ3) is 3.92. The van der Waals surface area contributed by atoms with Crippen molar-refractivity contribution < 1.29 is 9.59 Å². The van der Waals surface area contributed by atoms with Gasteiger partial charge in [0.1, 0.15) is 12.2 Å². The number of hydrogen-bond acceptors (Lipinski definition) is 4. The van der Waals surface area contributed by atoms with Crippen LogP contribution in [0.2, 0.25) is 0 Å². The highest BCUT2D eigenvalue weighted by Crippen LogP contribution is 2.35. The zero-order valence-electron chi connectivity index (χ0n) is 18.1. The predicted molar refractivity (Wildman–Crippen MR) is 121 cm³/mol. The predicted octanol–water partition coefficient (Wildman–Crippen LogP) is 2.65. The van der Waals surface area contributed by atoms with Crippen LogP contribution in [0.4, 0.5) is 5.69 Å². The van der Waals surface area contributed by atoms with Crippen LogP contribution in [-0.2, 0) is 29.1 Å². The van der Waals surface area contributed by atoms with Crippen molar-refractivity contribution in [2.45, 2.75) is 52.1 Å². The molecule has 1 saturated carbocycles. The van der Waals surface area contributed by atoms with Crippen LogP contribution < -0.4 is 16.2 Å². The Morgan fingerprint density at radius 1 is 1.28 bits per heavy atom. The summed E-state index contributed by atoms with van der Waals surface area (Å²) in [6, 6.07) is 5.79. The Kier molecular flexibility index (Phi) is 5.28. The molecule has 1 aliphatic carbocycles. The van der Waals surface area contributed by atoms with Crippen LogP contribution in [-0.4, -0.2) is 26.3 Å². The molecule has 8 heteroatoms. The van der Waals surface area contributed by atoms with Crippen molar-refractivity contribution in [2.75, 3.05) is 5.32 Å². The van der Waals surface area contributed by atoms with E-state index in [1.165, 1.54) is 23.8 Å². The molecular formula is C24H27N5O3. The molecular weight excluding hydrogens is 406 g/mol. The Morgan fingerprint density at radius 2 is 2.12 bits per heavy atom. The molecule has 4 heterocycles. The fraction of sp³-hybridized carbons (Fsp3) is 0.417. The number of hydrogen-bond donors (Lipinski definition) is 3. The topological polar surface area (TPSA) is 109 Å². The molecule has 0 saturated heterocycles. The molecule has 0 bridgehead atoms. The van der Waals surface area contributed by atoms with E-state index in [0.29, 0.717) is 23.7 Å². The van der Waals surface area contributed by atoms with E-state index in [-0.39, 0.29) is 36.4 Å². The van der Waals surface area contributed by atoms with Gasteiger partial charge in [0.05, 0.1) is 24.0 Å². The summed E-state index contributed by atoms with van der Waals surface area (Å²) in [6.45, 7) is 2.00. The molecule has 8 nitrogen and oxygen atoms in total. The summed E-state index contributed by atoms with van der Waals surface area (Å²) in [5.74, 6) is 0.198. The lowest BCUT2D eigenvalue weighted by Crippen LogP contribution is -2.39. The van der Waals surface area contributed by atoms with Gasteiger partial charge in [0.2, 0.25) is 11.8 Å². The molecule has 3 aromatic rings. The molecule has 2 aliphatic rings. The molecule has 0 radical (unpaired) electrons. The molecule has 0 unspecified atom stereocenters. The number of carbonyl (C=O) groups excluding carboxylic acids is 2. The minimum atomic E-state index is -0.322. The third-order valence-corrected chi connectivity index (χ3v) is 6.78. The van der Waals surface area contributed by atoms with Crippen LogP contribution >= 0.6 is 0 Å². The average Bonchev–Trinajstić information content (AvgIpc) is 3.21. The van der Waals surface area contributed by atoms with E-state index in [0.717, 1.165) is 28.6 Å². The Bertz CT molecular complexity index is 1250. The van der Waals surface area contributed by atoms with Gasteiger partial charge in [-0.3, -0.25) is 19.4 Å². The zero-order chi connectivity index (χ0) is 22.2. The fourth-order valence-electron chi connectivity index (χ4n) is 4.71. The smallest absolute Gasteiger partial charge is 0.275 e. The number of fused-ring (bicyclic) bond motifs is 2. The highest BCUT2D eigenvalue weighted by molar-refractivity contribution is 5.95. The summed E-state index contributed by atoms with van der Waals surface area (Å²) in [6.07, 6.45) is 8.69. The van der Waals surface area contributed by atoms with Crippen molar-refractivity contribution in [2.24, 2.45) is 11.8 Å². The number of rotatable bonds is 6. The van der Waals surface area contributed by atoms with E-state index in [1.54, 1.807) is 6.20 Å². The zero-order valence-corrected chi connectivity index (χ0v) is 18.1. The number of carbonyl (C=O) groups is 2. The molecule has 166 valence electrons. The van der Waals surface area contributed by atoms with Crippen LogP contribution in [0.3, 0.4) is 0 Å². The molecule has 2 amide bonds. The number of nitrogens with zero attached hydrogens (tertiary/aromatic N) is 2. The van der Waals surface area contributed by atoms with Gasteiger partial charge in [-0.1, -0.05) is 19.3 Å². The lowest BCUT2D eigenvalue weighted by atomic mass is 9.76. The molecule has 0 spiro atoms. The molecule has 1 atom stereocenters. The van der Waals surface area contributed by atoms with E-state index < -0.39 is 0 Å². The quantitative estimate of drug-likeness (QED) is 0.555. The van der Waals surface area contributed by atoms with E-state index in [4.69, 9.17) is 0 Å². The van der Waals surface area contributed by atoms with Gasteiger partial charge in [-0.25, -0.2) is 0 Å². The summed E-state index contributed by atoms with van der Waals surface area (Å²) in [7, 11) is 0. The van der Waals surface area contributed by atoms with Gasteiger partial charge in [0.25, 0.3) is 5.56 Å². The van der Waals surface area contributed by atoms with Crippen LogP contribution in [0.5, 0.6) is 0 Å². The largest absolute Gasteiger partial charge is 0.360 e. The number of amides is 2. The SMILES string of the molecule is Cc1cc2c(c(=O)n1CC(=O)NCc1cc3cc[nH]c3cn1)NC(=O)[C@H](CC1CCC1)C2. The van der Waals surface area contributed by atoms with Crippen molar-refractivity contribution in [3.63, 3.8) is 0 Å². The molecule has 5 rings (SSSR count). The van der Waals surface area contributed by atoms with E-state index in [1.807, 2.05) is 31.3 Å². The maximum Gasteiger partial charge on any atom is 0.275 e. The summed E-state index contributed by atoms with van der Waals surface area (Å²) in [5.41, 5.74) is 3.26. The fourth-order valence-corrected chi connectivity index (χ4v) is 4.71. The molecule has 1 fully saturated rings. The van der Waals surface area contributed by atoms with Gasteiger partial charge in [0.15, 0.2) is 0 Å². The van der Waals surface area contributed by atoms with E-state index >= 15 is 0 Å². The summed E-state index contributed by atoms with van der Waals surface area (Å²) in [4.78, 5) is 45.6. The van der Waals surface area contributed by atoms with Gasteiger partial charge in [-0.2, -0.15) is 0 Å². The summed E-state index contributed by atoms with van der Waals surface area (Å²) < 4.78 is 1.42. The van der Waals surface area contributed by atoms with Crippen molar-refractivity contribution in [1.82, 2.24) is 19.9 Å². The van der Waals surface area contributed by atoms with Crippen molar-refractivity contribution in [1.29, 1.82) is 0 Å². The molecule has 3 N–H and O–H groups in total. The molecule has 32 heavy (non-hydrogen) atoms. The highest BCUT2D eigenvalue weighted by atomic mass is 16.2. The number of aromatic nitrogens is 3. The first-order chi connectivity index (χ1) is 15.5.